The van der Waals surface area contributed by atoms with Crippen LogP contribution in [0.2, 0.25) is 0 Å². The lowest BCUT2D eigenvalue weighted by Crippen LogP contribution is -2.26. The Bertz CT molecular complexity index is 1030. The predicted octanol–water partition coefficient (Wildman–Crippen LogP) is 4.98. The molecule has 0 bridgehead atoms. The van der Waals surface area contributed by atoms with Gasteiger partial charge in [0.1, 0.15) is 12.4 Å². The summed E-state index contributed by atoms with van der Waals surface area (Å²) in [4.78, 5) is 15.3. The molecular weight excluding hydrogens is 382 g/mol. The topological polar surface area (TPSA) is 47.4 Å². The lowest BCUT2D eigenvalue weighted by atomic mass is 10.2. The summed E-state index contributed by atoms with van der Waals surface area (Å²) < 4.78 is 7.83. The standard InChI is InChI=1S/C23H27N3O2S/c1-6-9-19-10-7-8-11-21(19)28-14-18-12-22(29-15-18)23(27)25(4)13-20-16(2)24-26(5)17(20)3/h6-12,15H,13-14H2,1-5H3/b9-6+. The van der Waals surface area contributed by atoms with Crippen LogP contribution in [0.1, 0.15) is 44.7 Å². The van der Waals surface area contributed by atoms with Crippen molar-refractivity contribution in [3.63, 3.8) is 0 Å². The maximum absolute atomic E-state index is 12.9. The SMILES string of the molecule is C/C=C/c1ccccc1OCc1csc(C(=O)N(C)Cc2c(C)nn(C)c2C)c1. The average Bonchev–Trinajstić information content (AvgIpc) is 3.27. The molecule has 2 heterocycles. The molecule has 0 saturated heterocycles. The van der Waals surface area contributed by atoms with E-state index in [1.54, 1.807) is 4.90 Å². The van der Waals surface area contributed by atoms with Crippen molar-refractivity contribution < 1.29 is 9.53 Å². The lowest BCUT2D eigenvalue weighted by molar-refractivity contribution is 0.0789. The highest BCUT2D eigenvalue weighted by molar-refractivity contribution is 7.12. The maximum Gasteiger partial charge on any atom is 0.263 e. The van der Waals surface area contributed by atoms with Crippen LogP contribution in [0.3, 0.4) is 0 Å². The van der Waals surface area contributed by atoms with Crippen LogP contribution in [0, 0.1) is 13.8 Å². The third kappa shape index (κ3) is 4.77. The van der Waals surface area contributed by atoms with E-state index < -0.39 is 0 Å². The van der Waals surface area contributed by atoms with Gasteiger partial charge in [0.15, 0.2) is 0 Å². The zero-order valence-electron chi connectivity index (χ0n) is 17.6. The fraction of sp³-hybridized carbons (Fsp3) is 0.304. The molecule has 2 aromatic heterocycles. The Hall–Kier alpha value is -2.86. The summed E-state index contributed by atoms with van der Waals surface area (Å²) in [5.41, 5.74) is 5.19. The summed E-state index contributed by atoms with van der Waals surface area (Å²) in [6.45, 7) is 6.97. The molecule has 0 N–H and O–H groups in total. The van der Waals surface area contributed by atoms with Crippen molar-refractivity contribution in [2.24, 2.45) is 7.05 Å². The van der Waals surface area contributed by atoms with Gasteiger partial charge in [-0.05, 0) is 38.3 Å². The Morgan fingerprint density at radius 1 is 1.31 bits per heavy atom. The molecule has 0 fully saturated rings. The van der Waals surface area contributed by atoms with Gasteiger partial charge in [0.25, 0.3) is 5.91 Å². The maximum atomic E-state index is 12.9. The third-order valence-electron chi connectivity index (χ3n) is 4.92. The number of amides is 1. The molecule has 0 aliphatic rings. The number of rotatable bonds is 7. The zero-order chi connectivity index (χ0) is 21.0. The van der Waals surface area contributed by atoms with Gasteiger partial charge in [-0.1, -0.05) is 30.4 Å². The number of carbonyl (C=O) groups is 1. The monoisotopic (exact) mass is 409 g/mol. The summed E-state index contributed by atoms with van der Waals surface area (Å²) in [6.07, 6.45) is 4.01. The Labute approximate surface area is 176 Å². The number of carbonyl (C=O) groups excluding carboxylic acids is 1. The molecule has 5 nitrogen and oxygen atoms in total. The predicted molar refractivity (Wildman–Crippen MR) is 118 cm³/mol. The van der Waals surface area contributed by atoms with Gasteiger partial charge in [0, 0.05) is 43.0 Å². The number of thiophene rings is 1. The largest absolute Gasteiger partial charge is 0.488 e. The fourth-order valence-corrected chi connectivity index (χ4v) is 4.09. The van der Waals surface area contributed by atoms with Crippen molar-refractivity contribution in [3.8, 4) is 5.75 Å². The molecule has 0 saturated carbocycles. The fourth-order valence-electron chi connectivity index (χ4n) is 3.20. The quantitative estimate of drug-likeness (QED) is 0.553. The van der Waals surface area contributed by atoms with E-state index in [9.17, 15) is 4.79 Å². The summed E-state index contributed by atoms with van der Waals surface area (Å²) in [6, 6.07) is 9.85. The van der Waals surface area contributed by atoms with Gasteiger partial charge in [-0.25, -0.2) is 0 Å². The molecule has 29 heavy (non-hydrogen) atoms. The Balaban J connectivity index is 1.65. The van der Waals surface area contributed by atoms with Crippen LogP contribution in [0.4, 0.5) is 0 Å². The number of benzene rings is 1. The number of allylic oxidation sites excluding steroid dienone is 1. The van der Waals surface area contributed by atoms with E-state index >= 15 is 0 Å². The van der Waals surface area contributed by atoms with Crippen molar-refractivity contribution in [1.82, 2.24) is 14.7 Å². The summed E-state index contributed by atoms with van der Waals surface area (Å²) in [5, 5.41) is 6.42. The van der Waals surface area contributed by atoms with Crippen molar-refractivity contribution in [2.75, 3.05) is 7.05 Å². The van der Waals surface area contributed by atoms with Gasteiger partial charge >= 0.3 is 0 Å². The van der Waals surface area contributed by atoms with Crippen LogP contribution < -0.4 is 4.74 Å². The summed E-state index contributed by atoms with van der Waals surface area (Å²) in [5.74, 6) is 0.850. The molecule has 3 aromatic rings. The van der Waals surface area contributed by atoms with E-state index in [4.69, 9.17) is 4.74 Å². The zero-order valence-corrected chi connectivity index (χ0v) is 18.4. The highest BCUT2D eigenvalue weighted by atomic mass is 32.1. The molecule has 6 heteroatoms. The van der Waals surface area contributed by atoms with Crippen LogP contribution in [-0.4, -0.2) is 27.6 Å². The first kappa shape index (κ1) is 20.9. The molecular formula is C23H27N3O2S. The first-order chi connectivity index (χ1) is 13.9. The van der Waals surface area contributed by atoms with Crippen LogP contribution in [0.25, 0.3) is 6.08 Å². The summed E-state index contributed by atoms with van der Waals surface area (Å²) in [7, 11) is 3.76. The minimum atomic E-state index is 0.0122. The highest BCUT2D eigenvalue weighted by Gasteiger charge is 2.18. The molecule has 0 radical (unpaired) electrons. The Kier molecular flexibility index (Phi) is 6.54. The number of hydrogen-bond acceptors (Lipinski definition) is 4. The molecule has 0 unspecified atom stereocenters. The van der Waals surface area contributed by atoms with Gasteiger partial charge in [-0.3, -0.25) is 9.48 Å². The second kappa shape index (κ2) is 9.09. The van der Waals surface area contributed by atoms with E-state index in [-0.39, 0.29) is 5.91 Å². The van der Waals surface area contributed by atoms with Gasteiger partial charge in [-0.2, -0.15) is 5.10 Å². The highest BCUT2D eigenvalue weighted by Crippen LogP contribution is 2.23. The van der Waals surface area contributed by atoms with Gasteiger partial charge < -0.3 is 9.64 Å². The van der Waals surface area contributed by atoms with Crippen molar-refractivity contribution in [3.05, 3.63) is 74.7 Å². The van der Waals surface area contributed by atoms with Crippen molar-refractivity contribution in [2.45, 2.75) is 33.9 Å². The van der Waals surface area contributed by atoms with Gasteiger partial charge in [0.05, 0.1) is 10.6 Å². The summed E-state index contributed by atoms with van der Waals surface area (Å²) >= 11 is 1.45. The van der Waals surface area contributed by atoms with Crippen LogP contribution in [0.5, 0.6) is 5.75 Å². The molecule has 3 rings (SSSR count). The number of nitrogens with zero attached hydrogens (tertiary/aromatic N) is 3. The molecule has 1 amide bonds. The third-order valence-corrected chi connectivity index (χ3v) is 5.89. The molecule has 152 valence electrons. The number of aromatic nitrogens is 2. The minimum Gasteiger partial charge on any atom is -0.488 e. The normalized spacial score (nSPS) is 11.2. The number of para-hydroxylation sites is 1. The van der Waals surface area contributed by atoms with Gasteiger partial charge in [-0.15, -0.1) is 11.3 Å². The molecule has 0 aliphatic carbocycles. The van der Waals surface area contributed by atoms with Crippen molar-refractivity contribution in [1.29, 1.82) is 0 Å². The van der Waals surface area contributed by atoms with E-state index in [1.807, 2.05) is 87.4 Å². The van der Waals surface area contributed by atoms with Crippen LogP contribution in [-0.2, 0) is 20.2 Å². The van der Waals surface area contributed by atoms with E-state index in [0.29, 0.717) is 18.0 Å². The Morgan fingerprint density at radius 3 is 2.76 bits per heavy atom. The van der Waals surface area contributed by atoms with Crippen molar-refractivity contribution >= 4 is 23.3 Å². The molecule has 1 aromatic carbocycles. The minimum absolute atomic E-state index is 0.0122. The number of ether oxygens (including phenoxy) is 1. The van der Waals surface area contributed by atoms with E-state index in [1.165, 1.54) is 11.3 Å². The number of aryl methyl sites for hydroxylation is 2. The first-order valence-corrected chi connectivity index (χ1v) is 10.4. The molecule has 0 aliphatic heterocycles. The second-order valence-electron chi connectivity index (χ2n) is 7.08. The van der Waals surface area contributed by atoms with Gasteiger partial charge in [0.2, 0.25) is 0 Å². The average molecular weight is 410 g/mol. The Morgan fingerprint density at radius 2 is 2.07 bits per heavy atom. The smallest absolute Gasteiger partial charge is 0.263 e. The number of hydrogen-bond donors (Lipinski definition) is 0. The lowest BCUT2D eigenvalue weighted by Gasteiger charge is -2.16. The van der Waals surface area contributed by atoms with E-state index in [2.05, 4.69) is 5.10 Å². The van der Waals surface area contributed by atoms with E-state index in [0.717, 1.165) is 33.8 Å². The molecule has 0 spiro atoms. The molecule has 0 atom stereocenters. The second-order valence-corrected chi connectivity index (χ2v) is 7.99. The van der Waals surface area contributed by atoms with Crippen LogP contribution in [0.15, 0.2) is 41.8 Å². The van der Waals surface area contributed by atoms with Crippen LogP contribution >= 0.6 is 11.3 Å². The first-order valence-electron chi connectivity index (χ1n) is 9.57.